The van der Waals surface area contributed by atoms with Gasteiger partial charge in [0, 0.05) is 6.04 Å². The number of rotatable bonds is 5. The Balaban J connectivity index is 1.60. The number of hydrogen-bond donors (Lipinski definition) is 3. The van der Waals surface area contributed by atoms with E-state index in [9.17, 15) is 9.59 Å². The molecule has 3 N–H and O–H groups in total. The molecule has 3 rings (SSSR count). The molecule has 2 aliphatic rings. The molecule has 1 aliphatic carbocycles. The van der Waals surface area contributed by atoms with Crippen LogP contribution < -0.4 is 15.5 Å². The number of nitrogens with one attached hydrogen (secondary N) is 3. The molecule has 1 aromatic rings. The number of hydrogen-bond acceptors (Lipinski definition) is 4. The number of amides is 2. The van der Waals surface area contributed by atoms with Crippen LogP contribution in [0.5, 0.6) is 0 Å². The molecule has 2 amide bonds. The van der Waals surface area contributed by atoms with Crippen molar-refractivity contribution in [2.24, 2.45) is 0 Å². The van der Waals surface area contributed by atoms with E-state index in [0.29, 0.717) is 0 Å². The number of thiophene rings is 1. The van der Waals surface area contributed by atoms with Crippen LogP contribution in [-0.4, -0.2) is 50.2 Å². The van der Waals surface area contributed by atoms with Gasteiger partial charge in [0.2, 0.25) is 0 Å². The van der Waals surface area contributed by atoms with Crippen LogP contribution in [0.1, 0.15) is 49.9 Å². The Labute approximate surface area is 159 Å². The number of ether oxygens (including phenoxy) is 1. The van der Waals surface area contributed by atoms with Crippen LogP contribution in [0.25, 0.3) is 0 Å². The van der Waals surface area contributed by atoms with E-state index >= 15 is 0 Å². The Kier molecular flexibility index (Phi) is 7.05. The van der Waals surface area contributed by atoms with Crippen LogP contribution in [0, 0.1) is 0 Å². The third-order valence-corrected chi connectivity index (χ3v) is 6.39. The average molecular weight is 381 g/mol. The van der Waals surface area contributed by atoms with E-state index in [1.807, 2.05) is 13.0 Å². The van der Waals surface area contributed by atoms with Crippen LogP contribution >= 0.6 is 11.3 Å². The fourth-order valence-electron chi connectivity index (χ4n) is 4.07. The van der Waals surface area contributed by atoms with Gasteiger partial charge in [0.15, 0.2) is 0 Å². The maximum atomic E-state index is 12.4. The molecule has 0 aromatic carbocycles. The second kappa shape index (κ2) is 9.48. The summed E-state index contributed by atoms with van der Waals surface area (Å²) in [6.07, 6.45) is 5.43. The van der Waals surface area contributed by atoms with Gasteiger partial charge in [0.1, 0.15) is 19.1 Å². The quantitative estimate of drug-likeness (QED) is 0.657. The van der Waals surface area contributed by atoms with Crippen LogP contribution in [0.4, 0.5) is 0 Å². The summed E-state index contributed by atoms with van der Waals surface area (Å²) in [6.45, 7) is 5.30. The van der Waals surface area contributed by atoms with Crippen LogP contribution in [-0.2, 0) is 14.3 Å². The van der Waals surface area contributed by atoms with Crippen molar-refractivity contribution >= 4 is 23.2 Å². The summed E-state index contributed by atoms with van der Waals surface area (Å²) in [4.78, 5) is 27.4. The normalized spacial score (nSPS) is 21.7. The highest BCUT2D eigenvalue weighted by Crippen LogP contribution is 2.20. The second-order valence-corrected chi connectivity index (χ2v) is 8.31. The predicted octanol–water partition coefficient (Wildman–Crippen LogP) is 0.658. The summed E-state index contributed by atoms with van der Waals surface area (Å²) >= 11 is 1.70. The van der Waals surface area contributed by atoms with Crippen LogP contribution in [0.15, 0.2) is 17.5 Å². The first-order valence-corrected chi connectivity index (χ1v) is 10.6. The first kappa shape index (κ1) is 19.3. The summed E-state index contributed by atoms with van der Waals surface area (Å²) in [5.41, 5.74) is 0. The zero-order chi connectivity index (χ0) is 18.4. The number of morpholine rings is 1. The van der Waals surface area contributed by atoms with Gasteiger partial charge in [-0.25, -0.2) is 0 Å². The Morgan fingerprint density at radius 1 is 1.19 bits per heavy atom. The molecule has 2 heterocycles. The van der Waals surface area contributed by atoms with Crippen molar-refractivity contribution in [3.8, 4) is 0 Å². The molecule has 0 bridgehead atoms. The first-order chi connectivity index (χ1) is 12.6. The molecule has 0 unspecified atom stereocenters. The highest BCUT2D eigenvalue weighted by Gasteiger charge is 2.34. The summed E-state index contributed by atoms with van der Waals surface area (Å²) < 4.78 is 5.48. The van der Waals surface area contributed by atoms with Gasteiger partial charge in [-0.05, 0) is 31.2 Å². The van der Waals surface area contributed by atoms with Gasteiger partial charge in [0.05, 0.1) is 24.1 Å². The molecule has 1 aromatic heterocycles. The van der Waals surface area contributed by atoms with E-state index in [-0.39, 0.29) is 18.1 Å². The van der Waals surface area contributed by atoms with Crippen molar-refractivity contribution in [3.63, 3.8) is 0 Å². The van der Waals surface area contributed by atoms with Gasteiger partial charge in [-0.1, -0.05) is 25.3 Å². The zero-order valence-corrected chi connectivity index (χ0v) is 16.3. The van der Waals surface area contributed by atoms with Gasteiger partial charge >= 0.3 is 11.8 Å². The van der Waals surface area contributed by atoms with Crippen molar-refractivity contribution in [2.75, 3.05) is 26.3 Å². The van der Waals surface area contributed by atoms with Crippen molar-refractivity contribution in [3.05, 3.63) is 22.4 Å². The Morgan fingerprint density at radius 3 is 2.58 bits per heavy atom. The molecule has 0 radical (unpaired) electrons. The number of carbonyl (C=O) groups excluding carboxylic acids is 2. The van der Waals surface area contributed by atoms with E-state index in [1.165, 1.54) is 16.2 Å². The van der Waals surface area contributed by atoms with Crippen LogP contribution in [0.3, 0.4) is 0 Å². The fourth-order valence-corrected chi connectivity index (χ4v) is 5.06. The molecule has 0 spiro atoms. The summed E-state index contributed by atoms with van der Waals surface area (Å²) in [7, 11) is 0. The lowest BCUT2D eigenvalue weighted by molar-refractivity contribution is -0.939. The molecule has 7 heteroatoms. The van der Waals surface area contributed by atoms with Crippen molar-refractivity contribution in [1.29, 1.82) is 0 Å². The van der Waals surface area contributed by atoms with E-state index < -0.39 is 11.8 Å². The van der Waals surface area contributed by atoms with Crippen molar-refractivity contribution in [1.82, 2.24) is 10.6 Å². The minimum Gasteiger partial charge on any atom is -0.370 e. The van der Waals surface area contributed by atoms with Gasteiger partial charge in [-0.3, -0.25) is 9.59 Å². The summed E-state index contributed by atoms with van der Waals surface area (Å²) in [5.74, 6) is -1.01. The van der Waals surface area contributed by atoms with Gasteiger partial charge in [0.25, 0.3) is 0 Å². The van der Waals surface area contributed by atoms with Crippen molar-refractivity contribution < 1.29 is 19.2 Å². The number of carbonyl (C=O) groups is 2. The molecule has 26 heavy (non-hydrogen) atoms. The first-order valence-electron chi connectivity index (χ1n) is 9.72. The standard InChI is InChI=1S/C19H29N3O3S/c1-14(20-18(23)19(24)21-15-6-3-2-4-7-15)17(16-8-5-13-26-16)22-9-11-25-12-10-22/h5,8,13-15,17H,2-4,6-7,9-12H2,1H3,(H,20,23)(H,21,24)/p+1/t14-,17-/m0/s1. The highest BCUT2D eigenvalue weighted by molar-refractivity contribution is 7.10. The molecule has 1 saturated carbocycles. The molecule has 144 valence electrons. The van der Waals surface area contributed by atoms with Gasteiger partial charge < -0.3 is 20.3 Å². The van der Waals surface area contributed by atoms with Gasteiger partial charge in [-0.2, -0.15) is 0 Å². The minimum absolute atomic E-state index is 0.119. The number of quaternary nitrogens is 1. The second-order valence-electron chi connectivity index (χ2n) is 7.33. The maximum absolute atomic E-state index is 12.4. The smallest absolute Gasteiger partial charge is 0.309 e. The fraction of sp³-hybridized carbons (Fsp3) is 0.684. The molecule has 1 saturated heterocycles. The zero-order valence-electron chi connectivity index (χ0n) is 15.5. The van der Waals surface area contributed by atoms with Crippen molar-refractivity contribution in [2.45, 2.75) is 57.2 Å². The molecular weight excluding hydrogens is 350 g/mol. The molecular formula is C19H30N3O3S+. The third kappa shape index (κ3) is 5.05. The van der Waals surface area contributed by atoms with Crippen LogP contribution in [0.2, 0.25) is 0 Å². The van der Waals surface area contributed by atoms with E-state index in [0.717, 1.165) is 52.0 Å². The monoisotopic (exact) mass is 380 g/mol. The third-order valence-electron chi connectivity index (χ3n) is 5.43. The summed E-state index contributed by atoms with van der Waals surface area (Å²) in [6, 6.07) is 4.33. The molecule has 1 aliphatic heterocycles. The van der Waals surface area contributed by atoms with E-state index in [1.54, 1.807) is 11.3 Å². The minimum atomic E-state index is -0.516. The lowest BCUT2D eigenvalue weighted by atomic mass is 9.95. The largest absolute Gasteiger partial charge is 0.370 e. The Bertz CT molecular complexity index is 581. The SMILES string of the molecule is C[C@H](NC(=O)C(=O)NC1CCCCC1)[C@@H](c1cccs1)[NH+]1CCOCC1. The van der Waals surface area contributed by atoms with E-state index in [4.69, 9.17) is 4.74 Å². The molecule has 2 fully saturated rings. The lowest BCUT2D eigenvalue weighted by Gasteiger charge is -2.34. The average Bonchev–Trinajstić information content (AvgIpc) is 3.17. The predicted molar refractivity (Wildman–Crippen MR) is 101 cm³/mol. The Morgan fingerprint density at radius 2 is 1.92 bits per heavy atom. The topological polar surface area (TPSA) is 71.9 Å². The molecule has 6 nitrogen and oxygen atoms in total. The maximum Gasteiger partial charge on any atom is 0.309 e. The Hall–Kier alpha value is -1.44. The van der Waals surface area contributed by atoms with E-state index in [2.05, 4.69) is 22.1 Å². The van der Waals surface area contributed by atoms with Gasteiger partial charge in [-0.15, -0.1) is 11.3 Å². The highest BCUT2D eigenvalue weighted by atomic mass is 32.1. The molecule has 2 atom stereocenters. The summed E-state index contributed by atoms with van der Waals surface area (Å²) in [5, 5.41) is 7.91. The lowest BCUT2D eigenvalue weighted by Crippen LogP contribution is -3.15.